The minimum atomic E-state index is -3.75. The Kier molecular flexibility index (Phi) is 4.28. The number of nitrogen functional groups attached to an aromatic ring is 1. The molecule has 1 heterocycles. The fraction of sp³-hybridized carbons (Fsp3) is 0.600. The van der Waals surface area contributed by atoms with Crippen molar-refractivity contribution in [2.24, 2.45) is 11.8 Å². The minimum Gasteiger partial charge on any atom is -0.310 e. The zero-order valence-corrected chi connectivity index (χ0v) is 12.5. The van der Waals surface area contributed by atoms with Gasteiger partial charge in [-0.25, -0.2) is 19.0 Å². The number of hydrogen-bond donors (Lipinski definition) is 3. The van der Waals surface area contributed by atoms with Gasteiger partial charge >= 0.3 is 5.69 Å². The third-order valence-electron chi connectivity index (χ3n) is 3.02. The van der Waals surface area contributed by atoms with Crippen molar-refractivity contribution in [1.29, 1.82) is 0 Å². The molecule has 4 N–H and O–H groups in total. The first-order chi connectivity index (χ1) is 9.33. The third kappa shape index (κ3) is 3.45. The number of nitrogens with zero attached hydrogens (tertiary/aromatic N) is 1. The SMILES string of the molecule is CC(CC1CC1)NS(=O)(=O)c1cc([N+](=O)[O-])c(NN)s1. The second-order valence-electron chi connectivity index (χ2n) is 4.88. The van der Waals surface area contributed by atoms with Crippen molar-refractivity contribution in [3.8, 4) is 0 Å². The van der Waals surface area contributed by atoms with Crippen LogP contribution in [0.4, 0.5) is 10.7 Å². The van der Waals surface area contributed by atoms with E-state index >= 15 is 0 Å². The smallest absolute Gasteiger partial charge is 0.306 e. The van der Waals surface area contributed by atoms with E-state index in [1.54, 1.807) is 6.92 Å². The number of sulfonamides is 1. The van der Waals surface area contributed by atoms with Crippen LogP contribution in [0.25, 0.3) is 0 Å². The van der Waals surface area contributed by atoms with Crippen LogP contribution in [0.2, 0.25) is 0 Å². The van der Waals surface area contributed by atoms with Gasteiger partial charge in [0.25, 0.3) is 10.0 Å². The van der Waals surface area contributed by atoms with Crippen LogP contribution >= 0.6 is 11.3 Å². The Morgan fingerprint density at radius 2 is 2.25 bits per heavy atom. The summed E-state index contributed by atoms with van der Waals surface area (Å²) in [6, 6.07) is 0.828. The molecule has 112 valence electrons. The number of thiophene rings is 1. The lowest BCUT2D eigenvalue weighted by atomic mass is 10.2. The van der Waals surface area contributed by atoms with Gasteiger partial charge in [-0.05, 0) is 19.3 Å². The van der Waals surface area contributed by atoms with Crippen molar-refractivity contribution in [2.45, 2.75) is 36.4 Å². The number of hydrogen-bond acceptors (Lipinski definition) is 7. The number of nitro groups is 1. The number of anilines is 1. The lowest BCUT2D eigenvalue weighted by molar-refractivity contribution is -0.383. The van der Waals surface area contributed by atoms with Gasteiger partial charge in [0.15, 0.2) is 5.00 Å². The van der Waals surface area contributed by atoms with E-state index in [2.05, 4.69) is 10.1 Å². The van der Waals surface area contributed by atoms with E-state index in [1.165, 1.54) is 0 Å². The fourth-order valence-corrected chi connectivity index (χ4v) is 4.47. The summed E-state index contributed by atoms with van der Waals surface area (Å²) in [6.07, 6.45) is 3.06. The molecule has 20 heavy (non-hydrogen) atoms. The van der Waals surface area contributed by atoms with Gasteiger partial charge in [0.2, 0.25) is 0 Å². The summed E-state index contributed by atoms with van der Waals surface area (Å²) in [5.41, 5.74) is 1.81. The summed E-state index contributed by atoms with van der Waals surface area (Å²) in [5.74, 6) is 5.75. The van der Waals surface area contributed by atoms with Gasteiger partial charge in [-0.1, -0.05) is 24.2 Å². The molecule has 1 aromatic heterocycles. The molecule has 0 amide bonds. The van der Waals surface area contributed by atoms with E-state index in [-0.39, 0.29) is 20.9 Å². The predicted molar refractivity (Wildman–Crippen MR) is 75.9 cm³/mol. The van der Waals surface area contributed by atoms with Crippen molar-refractivity contribution >= 4 is 32.0 Å². The maximum Gasteiger partial charge on any atom is 0.306 e. The van der Waals surface area contributed by atoms with Gasteiger partial charge < -0.3 is 5.43 Å². The first-order valence-corrected chi connectivity index (χ1v) is 8.40. The van der Waals surface area contributed by atoms with E-state index in [9.17, 15) is 18.5 Å². The van der Waals surface area contributed by atoms with Gasteiger partial charge in [0.05, 0.1) is 4.92 Å². The molecule has 1 fully saturated rings. The quantitative estimate of drug-likeness (QED) is 0.396. The predicted octanol–water partition coefficient (Wildman–Crippen LogP) is 1.41. The molecule has 0 aliphatic heterocycles. The van der Waals surface area contributed by atoms with E-state index in [4.69, 9.17) is 5.84 Å². The van der Waals surface area contributed by atoms with Crippen LogP contribution in [0.15, 0.2) is 10.3 Å². The average Bonchev–Trinajstić information content (AvgIpc) is 3.03. The molecule has 0 spiro atoms. The lowest BCUT2D eigenvalue weighted by Gasteiger charge is -2.12. The third-order valence-corrected chi connectivity index (χ3v) is 6.14. The first kappa shape index (κ1) is 15.2. The highest BCUT2D eigenvalue weighted by Gasteiger charge is 2.29. The van der Waals surface area contributed by atoms with Gasteiger partial charge in [-0.15, -0.1) is 0 Å². The van der Waals surface area contributed by atoms with Crippen LogP contribution < -0.4 is 16.0 Å². The van der Waals surface area contributed by atoms with Crippen LogP contribution in [0.1, 0.15) is 26.2 Å². The Hall–Kier alpha value is -1.23. The van der Waals surface area contributed by atoms with Crippen molar-refractivity contribution in [3.63, 3.8) is 0 Å². The molecule has 1 aliphatic carbocycles. The Labute approximate surface area is 120 Å². The summed E-state index contributed by atoms with van der Waals surface area (Å²) in [6.45, 7) is 1.79. The number of nitrogens with one attached hydrogen (secondary N) is 2. The zero-order valence-electron chi connectivity index (χ0n) is 10.8. The highest BCUT2D eigenvalue weighted by atomic mass is 32.2. The van der Waals surface area contributed by atoms with Gasteiger partial charge in [0, 0.05) is 12.1 Å². The van der Waals surface area contributed by atoms with Crippen molar-refractivity contribution < 1.29 is 13.3 Å². The van der Waals surface area contributed by atoms with Crippen LogP contribution in [-0.4, -0.2) is 19.4 Å². The molecule has 1 atom stereocenters. The van der Waals surface area contributed by atoms with Gasteiger partial charge in [-0.2, -0.15) is 0 Å². The summed E-state index contributed by atoms with van der Waals surface area (Å²) >= 11 is 0.743. The van der Waals surface area contributed by atoms with Gasteiger partial charge in [0.1, 0.15) is 4.21 Å². The normalized spacial score (nSPS) is 16.9. The molecule has 10 heteroatoms. The molecule has 1 aromatic rings. The Morgan fingerprint density at radius 3 is 2.70 bits per heavy atom. The topological polar surface area (TPSA) is 127 Å². The van der Waals surface area contributed by atoms with Crippen LogP contribution in [0.5, 0.6) is 0 Å². The zero-order chi connectivity index (χ0) is 14.9. The molecule has 0 bridgehead atoms. The van der Waals surface area contributed by atoms with E-state index < -0.39 is 14.9 Å². The Bertz CT molecular complexity index is 609. The van der Waals surface area contributed by atoms with E-state index in [0.717, 1.165) is 36.7 Å². The molecule has 1 saturated carbocycles. The lowest BCUT2D eigenvalue weighted by Crippen LogP contribution is -2.32. The molecule has 8 nitrogen and oxygen atoms in total. The van der Waals surface area contributed by atoms with Crippen molar-refractivity contribution in [2.75, 3.05) is 5.43 Å². The van der Waals surface area contributed by atoms with Crippen molar-refractivity contribution in [3.05, 3.63) is 16.2 Å². The molecular weight excluding hydrogens is 304 g/mol. The average molecular weight is 320 g/mol. The summed E-state index contributed by atoms with van der Waals surface area (Å²) in [4.78, 5) is 10.1. The van der Waals surface area contributed by atoms with Gasteiger partial charge in [-0.3, -0.25) is 10.1 Å². The number of nitrogens with two attached hydrogens (primary N) is 1. The molecule has 2 rings (SSSR count). The van der Waals surface area contributed by atoms with E-state index in [0.29, 0.717) is 5.92 Å². The maximum atomic E-state index is 12.2. The second kappa shape index (κ2) is 5.64. The Morgan fingerprint density at radius 1 is 1.60 bits per heavy atom. The molecule has 0 saturated heterocycles. The molecule has 0 radical (unpaired) electrons. The first-order valence-electron chi connectivity index (χ1n) is 6.10. The molecular formula is C10H16N4O4S2. The Balaban J connectivity index is 2.17. The maximum absolute atomic E-state index is 12.2. The minimum absolute atomic E-state index is 0.0187. The number of hydrazine groups is 1. The summed E-state index contributed by atoms with van der Waals surface area (Å²) in [5, 5.41) is 10.8. The van der Waals surface area contributed by atoms with Crippen molar-refractivity contribution in [1.82, 2.24) is 4.72 Å². The second-order valence-corrected chi connectivity index (χ2v) is 7.88. The molecule has 1 unspecified atom stereocenters. The summed E-state index contributed by atoms with van der Waals surface area (Å²) < 4.78 is 26.7. The van der Waals surface area contributed by atoms with E-state index in [1.807, 2.05) is 0 Å². The van der Waals surface area contributed by atoms with Crippen LogP contribution in [0, 0.1) is 16.0 Å². The highest BCUT2D eigenvalue weighted by Crippen LogP contribution is 2.37. The summed E-state index contributed by atoms with van der Waals surface area (Å²) in [7, 11) is -3.75. The molecule has 1 aliphatic rings. The highest BCUT2D eigenvalue weighted by molar-refractivity contribution is 7.91. The standard InChI is InChI=1S/C10H16N4O4S2/c1-6(4-7-2-3-7)13-20(17,18)9-5-8(14(15)16)10(12-11)19-9/h5-7,12-13H,2-4,11H2,1H3. The van der Waals surface area contributed by atoms with Crippen LogP contribution in [0.3, 0.4) is 0 Å². The largest absolute Gasteiger partial charge is 0.310 e. The van der Waals surface area contributed by atoms with Crippen LogP contribution in [-0.2, 0) is 10.0 Å². The molecule has 0 aromatic carbocycles. The number of rotatable bonds is 7. The monoisotopic (exact) mass is 320 g/mol. The fourth-order valence-electron chi connectivity index (χ4n) is 1.96.